The summed E-state index contributed by atoms with van der Waals surface area (Å²) < 4.78 is 66.8. The molecule has 0 radical (unpaired) electrons. The van der Waals surface area contributed by atoms with Gasteiger partial charge in [-0.1, -0.05) is 35.9 Å². The maximum Gasteiger partial charge on any atom is 0.431 e. The number of hydrazone groups is 1. The molecule has 1 amide bonds. The van der Waals surface area contributed by atoms with Gasteiger partial charge in [0.25, 0.3) is 5.91 Å². The van der Waals surface area contributed by atoms with E-state index in [1.54, 1.807) is 30.3 Å². The number of ether oxygens (including phenoxy) is 2. The maximum atomic E-state index is 14.1. The summed E-state index contributed by atoms with van der Waals surface area (Å²) in [5.74, 6) is -0.679. The Kier molecular flexibility index (Phi) is 10.6. The molecule has 5 heterocycles. The molecule has 1 saturated heterocycles. The first kappa shape index (κ1) is 36.3. The summed E-state index contributed by atoms with van der Waals surface area (Å²) in [4.78, 5) is 24.8. The number of imidazole rings is 1. The monoisotopic (exact) mass is 749 g/mol. The van der Waals surface area contributed by atoms with E-state index in [0.29, 0.717) is 46.5 Å². The topological polar surface area (TPSA) is 106 Å². The smallest absolute Gasteiger partial charge is 0.431 e. The van der Waals surface area contributed by atoms with Gasteiger partial charge in [0.2, 0.25) is 5.88 Å². The second kappa shape index (κ2) is 15.5. The molecule has 8 rings (SSSR count). The molecule has 4 aliphatic rings. The number of carbonyl (C=O) groups is 1. The van der Waals surface area contributed by atoms with Crippen molar-refractivity contribution in [2.45, 2.75) is 38.6 Å². The number of rotatable bonds is 8. The van der Waals surface area contributed by atoms with Crippen LogP contribution in [0.3, 0.4) is 0 Å². The third kappa shape index (κ3) is 8.45. The molecule has 276 valence electrons. The summed E-state index contributed by atoms with van der Waals surface area (Å²) in [7, 11) is 1.94. The fourth-order valence-corrected chi connectivity index (χ4v) is 6.43. The van der Waals surface area contributed by atoms with Crippen LogP contribution in [-0.2, 0) is 29.7 Å². The molecule has 2 N–H and O–H groups in total. The van der Waals surface area contributed by atoms with Crippen LogP contribution in [0.1, 0.15) is 36.3 Å². The van der Waals surface area contributed by atoms with E-state index in [1.165, 1.54) is 24.6 Å². The van der Waals surface area contributed by atoms with Gasteiger partial charge < -0.3 is 19.4 Å². The highest BCUT2D eigenvalue weighted by molar-refractivity contribution is 6.30. The molecule has 0 saturated carbocycles. The van der Waals surface area contributed by atoms with Crippen LogP contribution in [0, 0.1) is 11.7 Å². The standard InChI is InChI=1S/C35H30ClF4N7O2.C3H6O/c1-46-30-10-8-24(41-34(48)21-6-9-28-25(15-21)33(45-44-28)35(38,39)40)17-29(30)42-31(46)18-47-13-11-20(12-14-47)27-3-2-4-32(43-27)49-19-22-5-7-23(36)16-26(22)37;1-2-4-3-1/h2-11,16-17,25,44H,12-15,18-19H2,1H3,(H,41,48);1-3H2. The zero-order valence-corrected chi connectivity index (χ0v) is 29.5. The SMILES string of the molecule is C1COC1.Cn1c(CN2CC=C(c3cccc(OCc4ccc(Cl)cc4F)n3)CC2)nc2cc(NC(=O)C3=CC=C4NN=C(C(F)(F)F)C4C3)ccc21. The highest BCUT2D eigenvalue weighted by Gasteiger charge is 2.46. The lowest BCUT2D eigenvalue weighted by Crippen LogP contribution is -2.31. The highest BCUT2D eigenvalue weighted by Crippen LogP contribution is 2.36. The summed E-state index contributed by atoms with van der Waals surface area (Å²) in [5.41, 5.74) is 6.41. The quantitative estimate of drug-likeness (QED) is 0.182. The van der Waals surface area contributed by atoms with Crippen LogP contribution >= 0.6 is 11.6 Å². The number of nitrogens with one attached hydrogen (secondary N) is 2. The second-order valence-corrected chi connectivity index (χ2v) is 13.4. The van der Waals surface area contributed by atoms with E-state index in [2.05, 4.69) is 31.8 Å². The van der Waals surface area contributed by atoms with Gasteiger partial charge in [-0.25, -0.2) is 14.4 Å². The van der Waals surface area contributed by atoms with Gasteiger partial charge in [-0.15, -0.1) is 0 Å². The number of aromatic nitrogens is 3. The number of alkyl halides is 3. The average molecular weight is 750 g/mol. The summed E-state index contributed by atoms with van der Waals surface area (Å²) in [5, 5.41) is 6.56. The van der Waals surface area contributed by atoms with Crippen molar-refractivity contribution in [3.8, 4) is 5.88 Å². The van der Waals surface area contributed by atoms with Crippen molar-refractivity contribution in [1.29, 1.82) is 0 Å². The molecular formula is C38H36ClF4N7O3. The Morgan fingerprint density at radius 3 is 2.64 bits per heavy atom. The van der Waals surface area contributed by atoms with Crippen molar-refractivity contribution in [3.63, 3.8) is 0 Å². The van der Waals surface area contributed by atoms with Gasteiger partial charge in [0, 0.05) is 67.0 Å². The number of allylic oxidation sites excluding steroid dienone is 3. The van der Waals surface area contributed by atoms with Gasteiger partial charge in [-0.05, 0) is 67.3 Å². The molecule has 0 bridgehead atoms. The van der Waals surface area contributed by atoms with E-state index < -0.39 is 29.5 Å². The van der Waals surface area contributed by atoms with E-state index in [4.69, 9.17) is 26.1 Å². The zero-order valence-electron chi connectivity index (χ0n) is 28.7. The number of nitrogens with zero attached hydrogens (tertiary/aromatic N) is 5. The van der Waals surface area contributed by atoms with Crippen molar-refractivity contribution in [3.05, 3.63) is 112 Å². The Morgan fingerprint density at radius 1 is 1.11 bits per heavy atom. The van der Waals surface area contributed by atoms with Gasteiger partial charge in [0.15, 0.2) is 5.71 Å². The summed E-state index contributed by atoms with van der Waals surface area (Å²) in [6, 6.07) is 15.4. The largest absolute Gasteiger partial charge is 0.473 e. The van der Waals surface area contributed by atoms with Gasteiger partial charge in [-0.3, -0.25) is 15.1 Å². The molecule has 4 aromatic rings. The molecule has 3 aliphatic heterocycles. The van der Waals surface area contributed by atoms with Crippen molar-refractivity contribution in [2.75, 3.05) is 31.6 Å². The first-order chi connectivity index (χ1) is 25.5. The summed E-state index contributed by atoms with van der Waals surface area (Å²) in [6.45, 7) is 4.10. The first-order valence-corrected chi connectivity index (χ1v) is 17.5. The average Bonchev–Trinajstić information content (AvgIpc) is 3.68. The van der Waals surface area contributed by atoms with Crippen LogP contribution < -0.4 is 15.5 Å². The van der Waals surface area contributed by atoms with E-state index in [9.17, 15) is 22.4 Å². The van der Waals surface area contributed by atoms with Crippen LogP contribution in [0.4, 0.5) is 23.2 Å². The van der Waals surface area contributed by atoms with Gasteiger partial charge in [0.1, 0.15) is 18.2 Å². The normalized spacial score (nSPS) is 18.3. The third-order valence-electron chi connectivity index (χ3n) is 9.39. The molecule has 1 aliphatic carbocycles. The van der Waals surface area contributed by atoms with E-state index in [0.717, 1.165) is 48.8 Å². The number of benzene rings is 2. The Labute approximate surface area is 307 Å². The Morgan fingerprint density at radius 2 is 1.92 bits per heavy atom. The fourth-order valence-electron chi connectivity index (χ4n) is 6.27. The number of aryl methyl sites for hydroxylation is 1. The summed E-state index contributed by atoms with van der Waals surface area (Å²) >= 11 is 5.84. The minimum Gasteiger partial charge on any atom is -0.473 e. The van der Waals surface area contributed by atoms with Crippen LogP contribution in [0.15, 0.2) is 89.2 Å². The highest BCUT2D eigenvalue weighted by atomic mass is 35.5. The number of hydrogen-bond acceptors (Lipinski definition) is 8. The molecule has 15 heteroatoms. The van der Waals surface area contributed by atoms with Crippen molar-refractivity contribution in [1.82, 2.24) is 24.9 Å². The van der Waals surface area contributed by atoms with E-state index >= 15 is 0 Å². The number of fused-ring (bicyclic) bond motifs is 2. The van der Waals surface area contributed by atoms with Crippen molar-refractivity contribution >= 4 is 45.5 Å². The van der Waals surface area contributed by atoms with Gasteiger partial charge in [0.05, 0.1) is 29.2 Å². The number of amides is 1. The molecule has 1 unspecified atom stereocenters. The molecule has 2 aromatic heterocycles. The number of anilines is 1. The van der Waals surface area contributed by atoms with Crippen LogP contribution in [-0.4, -0.2) is 63.5 Å². The van der Waals surface area contributed by atoms with Crippen LogP contribution in [0.25, 0.3) is 16.6 Å². The molecule has 2 aromatic carbocycles. The Bertz CT molecular complexity index is 2150. The maximum absolute atomic E-state index is 14.1. The van der Waals surface area contributed by atoms with Crippen LogP contribution in [0.2, 0.25) is 5.02 Å². The number of hydrogen-bond donors (Lipinski definition) is 2. The lowest BCUT2D eigenvalue weighted by Gasteiger charge is -2.25. The predicted octanol–water partition coefficient (Wildman–Crippen LogP) is 7.33. The van der Waals surface area contributed by atoms with Crippen molar-refractivity contribution in [2.24, 2.45) is 18.1 Å². The lowest BCUT2D eigenvalue weighted by molar-refractivity contribution is -0.113. The molecule has 10 nitrogen and oxygen atoms in total. The third-order valence-corrected chi connectivity index (χ3v) is 9.63. The minimum absolute atomic E-state index is 0.0365. The molecule has 0 spiro atoms. The zero-order chi connectivity index (χ0) is 37.1. The molecule has 1 fully saturated rings. The molecule has 53 heavy (non-hydrogen) atoms. The van der Waals surface area contributed by atoms with Crippen LogP contribution in [0.5, 0.6) is 5.88 Å². The predicted molar refractivity (Wildman–Crippen MR) is 194 cm³/mol. The lowest BCUT2D eigenvalue weighted by atomic mass is 9.87. The van der Waals surface area contributed by atoms with Crippen molar-refractivity contribution < 1.29 is 31.8 Å². The number of carbonyl (C=O) groups excluding carboxylic acids is 1. The molecular weight excluding hydrogens is 714 g/mol. The second-order valence-electron chi connectivity index (χ2n) is 13.0. The number of halogens is 5. The summed E-state index contributed by atoms with van der Waals surface area (Å²) in [6.07, 6.45) is 2.48. The first-order valence-electron chi connectivity index (χ1n) is 17.1. The Balaban J connectivity index is 0.00000102. The van der Waals surface area contributed by atoms with E-state index in [1.807, 2.05) is 29.8 Å². The van der Waals surface area contributed by atoms with Gasteiger partial charge >= 0.3 is 6.18 Å². The Hall–Kier alpha value is -5.05. The minimum atomic E-state index is -4.58. The number of pyridine rings is 1. The fraction of sp³-hybridized carbons (Fsp3) is 0.316. The van der Waals surface area contributed by atoms with E-state index in [-0.39, 0.29) is 18.6 Å². The molecule has 1 atom stereocenters. The van der Waals surface area contributed by atoms with Gasteiger partial charge in [-0.2, -0.15) is 18.3 Å².